The minimum atomic E-state index is -3.73. The molecule has 0 spiro atoms. The highest BCUT2D eigenvalue weighted by atomic mass is 32.2. The van der Waals surface area contributed by atoms with Crippen LogP contribution in [-0.4, -0.2) is 47.4 Å². The summed E-state index contributed by atoms with van der Waals surface area (Å²) < 4.78 is 25.6. The van der Waals surface area contributed by atoms with Crippen LogP contribution in [0.4, 0.5) is 5.82 Å². The van der Waals surface area contributed by atoms with Gasteiger partial charge in [-0.15, -0.1) is 0 Å². The van der Waals surface area contributed by atoms with E-state index in [1.54, 1.807) is 6.92 Å². The fourth-order valence-corrected chi connectivity index (χ4v) is 2.91. The molecule has 0 aliphatic carbocycles. The van der Waals surface area contributed by atoms with Crippen molar-refractivity contribution in [3.05, 3.63) is 28.4 Å². The van der Waals surface area contributed by atoms with Crippen molar-refractivity contribution in [2.75, 3.05) is 19.7 Å². The monoisotopic (exact) mass is 289 g/mol. The summed E-state index contributed by atoms with van der Waals surface area (Å²) in [5.74, 6) is -0.405. The van der Waals surface area contributed by atoms with Gasteiger partial charge in [-0.05, 0) is 22.4 Å². The largest absolute Gasteiger partial charge is 0.396 e. The van der Waals surface area contributed by atoms with Crippen molar-refractivity contribution in [1.82, 2.24) is 9.29 Å². The number of nitrogens with zero attached hydrogens (tertiary/aromatic N) is 3. The third-order valence-electron chi connectivity index (χ3n) is 2.46. The number of sulfonamides is 1. The van der Waals surface area contributed by atoms with Crippen LogP contribution in [0.1, 0.15) is 13.3 Å². The number of hydrogen-bond donors (Lipinski definition) is 1. The highest BCUT2D eigenvalue weighted by molar-refractivity contribution is 7.89. The maximum absolute atomic E-state index is 12.2. The molecule has 8 nitrogen and oxygen atoms in total. The van der Waals surface area contributed by atoms with Gasteiger partial charge in [0.2, 0.25) is 10.0 Å². The van der Waals surface area contributed by atoms with E-state index in [1.165, 1.54) is 4.31 Å². The number of aliphatic hydroxyl groups excluding tert-OH is 1. The zero-order valence-corrected chi connectivity index (χ0v) is 11.2. The lowest BCUT2D eigenvalue weighted by Crippen LogP contribution is -2.32. The van der Waals surface area contributed by atoms with E-state index in [1.807, 2.05) is 0 Å². The molecule has 0 radical (unpaired) electrons. The van der Waals surface area contributed by atoms with Crippen LogP contribution in [0.2, 0.25) is 0 Å². The molecular formula is C10H15N3O5S. The number of nitro groups is 1. The zero-order chi connectivity index (χ0) is 14.5. The summed E-state index contributed by atoms with van der Waals surface area (Å²) in [4.78, 5) is 13.1. The van der Waals surface area contributed by atoms with Gasteiger partial charge in [-0.2, -0.15) is 4.31 Å². The molecule has 1 N–H and O–H groups in total. The molecule has 0 unspecified atom stereocenters. The maximum atomic E-state index is 12.2. The Labute approximate surface area is 110 Å². The van der Waals surface area contributed by atoms with Gasteiger partial charge in [0.25, 0.3) is 0 Å². The molecule has 19 heavy (non-hydrogen) atoms. The van der Waals surface area contributed by atoms with E-state index in [-0.39, 0.29) is 24.6 Å². The molecule has 1 aromatic heterocycles. The molecule has 0 fully saturated rings. The first-order valence-electron chi connectivity index (χ1n) is 5.65. The normalized spacial score (nSPS) is 11.7. The highest BCUT2D eigenvalue weighted by Gasteiger charge is 2.24. The van der Waals surface area contributed by atoms with Crippen LogP contribution < -0.4 is 0 Å². The van der Waals surface area contributed by atoms with Crippen LogP contribution in [0.15, 0.2) is 23.2 Å². The van der Waals surface area contributed by atoms with E-state index in [0.29, 0.717) is 6.42 Å². The Morgan fingerprint density at radius 3 is 2.58 bits per heavy atom. The fourth-order valence-electron chi connectivity index (χ4n) is 1.48. The Bertz CT molecular complexity index is 529. The van der Waals surface area contributed by atoms with Gasteiger partial charge >= 0.3 is 5.82 Å². The van der Waals surface area contributed by atoms with E-state index in [2.05, 4.69) is 4.98 Å². The first-order chi connectivity index (χ1) is 8.93. The molecule has 0 saturated heterocycles. The van der Waals surface area contributed by atoms with E-state index in [9.17, 15) is 18.5 Å². The Kier molecular flexibility index (Phi) is 5.33. The van der Waals surface area contributed by atoms with Crippen molar-refractivity contribution < 1.29 is 18.4 Å². The standard InChI is InChI=1S/C10H15N3O5S/c1-2-12(6-3-7-14)19(17,18)9-4-5-10(11-8-9)13(15)16/h4-5,8,14H,2-3,6-7H2,1H3. The number of hydrogen-bond acceptors (Lipinski definition) is 6. The molecule has 1 aromatic rings. The zero-order valence-electron chi connectivity index (χ0n) is 10.4. The molecule has 1 heterocycles. The van der Waals surface area contributed by atoms with Crippen LogP contribution >= 0.6 is 0 Å². The third kappa shape index (κ3) is 3.69. The average Bonchev–Trinajstić information content (AvgIpc) is 2.39. The molecule has 9 heteroatoms. The molecule has 0 atom stereocenters. The predicted molar refractivity (Wildman–Crippen MR) is 67.0 cm³/mol. The van der Waals surface area contributed by atoms with Gasteiger partial charge in [0.05, 0.1) is 0 Å². The quantitative estimate of drug-likeness (QED) is 0.573. The van der Waals surface area contributed by atoms with Gasteiger partial charge in [0, 0.05) is 25.8 Å². The lowest BCUT2D eigenvalue weighted by atomic mass is 10.4. The van der Waals surface area contributed by atoms with E-state index in [0.717, 1.165) is 18.3 Å². The van der Waals surface area contributed by atoms with Crippen LogP contribution in [-0.2, 0) is 10.0 Å². The number of rotatable bonds is 7. The Hall–Kier alpha value is -1.58. The summed E-state index contributed by atoms with van der Waals surface area (Å²) in [5, 5.41) is 19.2. The first kappa shape index (κ1) is 15.5. The lowest BCUT2D eigenvalue weighted by molar-refractivity contribution is -0.389. The number of aromatic nitrogens is 1. The molecule has 0 saturated carbocycles. The van der Waals surface area contributed by atoms with Crippen molar-refractivity contribution in [3.8, 4) is 0 Å². The van der Waals surface area contributed by atoms with Gasteiger partial charge in [-0.3, -0.25) is 0 Å². The Morgan fingerprint density at radius 1 is 1.47 bits per heavy atom. The molecule has 0 amide bonds. The minimum Gasteiger partial charge on any atom is -0.396 e. The van der Waals surface area contributed by atoms with Crippen molar-refractivity contribution in [2.24, 2.45) is 0 Å². The summed E-state index contributed by atoms with van der Waals surface area (Å²) in [6, 6.07) is 2.20. The van der Waals surface area contributed by atoms with E-state index < -0.39 is 20.8 Å². The number of aliphatic hydroxyl groups is 1. The van der Waals surface area contributed by atoms with Crippen molar-refractivity contribution in [1.29, 1.82) is 0 Å². The van der Waals surface area contributed by atoms with E-state index >= 15 is 0 Å². The first-order valence-corrected chi connectivity index (χ1v) is 7.09. The molecule has 0 bridgehead atoms. The average molecular weight is 289 g/mol. The number of pyridine rings is 1. The maximum Gasteiger partial charge on any atom is 0.363 e. The Morgan fingerprint density at radius 2 is 2.16 bits per heavy atom. The smallest absolute Gasteiger partial charge is 0.363 e. The van der Waals surface area contributed by atoms with Gasteiger partial charge in [-0.25, -0.2) is 8.42 Å². The summed E-state index contributed by atoms with van der Waals surface area (Å²) >= 11 is 0. The van der Waals surface area contributed by atoms with Gasteiger partial charge in [-0.1, -0.05) is 6.92 Å². The third-order valence-corrected chi connectivity index (χ3v) is 4.42. The summed E-state index contributed by atoms with van der Waals surface area (Å²) in [6.07, 6.45) is 1.29. The molecule has 1 rings (SSSR count). The molecule has 0 aliphatic heterocycles. The Balaban J connectivity index is 3.01. The van der Waals surface area contributed by atoms with Crippen molar-refractivity contribution >= 4 is 15.8 Å². The van der Waals surface area contributed by atoms with Crippen LogP contribution in [0.5, 0.6) is 0 Å². The van der Waals surface area contributed by atoms with Crippen LogP contribution in [0.25, 0.3) is 0 Å². The summed E-state index contributed by atoms with van der Waals surface area (Å²) in [7, 11) is -3.73. The molecule has 0 aromatic carbocycles. The highest BCUT2D eigenvalue weighted by Crippen LogP contribution is 2.17. The summed E-state index contributed by atoms with van der Waals surface area (Å²) in [5.41, 5.74) is 0. The SMILES string of the molecule is CCN(CCCO)S(=O)(=O)c1ccc([N+](=O)[O-])nc1. The van der Waals surface area contributed by atoms with Gasteiger partial charge in [0.1, 0.15) is 4.90 Å². The van der Waals surface area contributed by atoms with Gasteiger partial charge < -0.3 is 15.2 Å². The van der Waals surface area contributed by atoms with Crippen LogP contribution in [0, 0.1) is 10.1 Å². The second kappa shape index (κ2) is 6.55. The molecule has 106 valence electrons. The predicted octanol–water partition coefficient (Wildman–Crippen LogP) is 0.383. The topological polar surface area (TPSA) is 114 Å². The van der Waals surface area contributed by atoms with Crippen molar-refractivity contribution in [2.45, 2.75) is 18.2 Å². The summed E-state index contributed by atoms with van der Waals surface area (Å²) in [6.45, 7) is 2.00. The van der Waals surface area contributed by atoms with Crippen molar-refractivity contribution in [3.63, 3.8) is 0 Å². The van der Waals surface area contributed by atoms with Crippen LogP contribution in [0.3, 0.4) is 0 Å². The second-order valence-electron chi connectivity index (χ2n) is 3.68. The second-order valence-corrected chi connectivity index (χ2v) is 5.62. The fraction of sp³-hybridized carbons (Fsp3) is 0.500. The van der Waals surface area contributed by atoms with E-state index in [4.69, 9.17) is 5.11 Å². The minimum absolute atomic E-state index is 0.0992. The lowest BCUT2D eigenvalue weighted by Gasteiger charge is -2.19. The molecular weight excluding hydrogens is 274 g/mol. The molecule has 0 aliphatic rings. The van der Waals surface area contributed by atoms with Gasteiger partial charge in [0.15, 0.2) is 6.20 Å².